The highest BCUT2D eigenvalue weighted by Crippen LogP contribution is 2.34. The van der Waals surface area contributed by atoms with Gasteiger partial charge in [0.15, 0.2) is 17.3 Å². The Kier molecular flexibility index (Phi) is 6.31. The van der Waals surface area contributed by atoms with Gasteiger partial charge in [-0.2, -0.15) is 0 Å². The van der Waals surface area contributed by atoms with Crippen LogP contribution in [0.5, 0.6) is 11.5 Å². The van der Waals surface area contributed by atoms with Gasteiger partial charge >= 0.3 is 7.12 Å². The quantitative estimate of drug-likeness (QED) is 0.722. The van der Waals surface area contributed by atoms with E-state index < -0.39 is 13.2 Å². The molecule has 0 radical (unpaired) electrons. The largest absolute Gasteiger partial charge is 0.493 e. The van der Waals surface area contributed by atoms with E-state index in [2.05, 4.69) is 9.97 Å². The molecule has 2 aromatic rings. The number of methoxy groups -OCH3 is 1. The minimum absolute atomic E-state index is 0.0340. The molecule has 2 atom stereocenters. The molecule has 1 saturated heterocycles. The highest BCUT2D eigenvalue weighted by Gasteiger charge is 2.31. The number of aromatic nitrogens is 2. The summed E-state index contributed by atoms with van der Waals surface area (Å²) in [6.07, 6.45) is 0.630. The van der Waals surface area contributed by atoms with Crippen LogP contribution >= 0.6 is 0 Å². The van der Waals surface area contributed by atoms with Gasteiger partial charge in [0, 0.05) is 23.8 Å². The second kappa shape index (κ2) is 8.69. The lowest BCUT2D eigenvalue weighted by molar-refractivity contribution is 0.194. The average Bonchev–Trinajstić information content (AvgIpc) is 3.12. The third-order valence-electron chi connectivity index (χ3n) is 4.47. The van der Waals surface area contributed by atoms with Crippen LogP contribution in [0.2, 0.25) is 6.32 Å². The van der Waals surface area contributed by atoms with Crippen LogP contribution in [0.4, 0.5) is 0 Å². The zero-order chi connectivity index (χ0) is 19.4. The molecule has 8 heteroatoms. The fraction of sp³-hybridized carbons (Fsp3) is 0.474. The monoisotopic (exact) mass is 372 g/mol. The van der Waals surface area contributed by atoms with E-state index in [1.54, 1.807) is 20.1 Å². The predicted octanol–water partition coefficient (Wildman–Crippen LogP) is 2.59. The maximum absolute atomic E-state index is 10.1. The molecule has 2 heterocycles. The van der Waals surface area contributed by atoms with E-state index in [0.717, 1.165) is 17.7 Å². The van der Waals surface area contributed by atoms with E-state index in [1.165, 1.54) is 0 Å². The maximum Gasteiger partial charge on any atom is 0.454 e. The van der Waals surface area contributed by atoms with Gasteiger partial charge in [-0.15, -0.1) is 0 Å². The molecule has 1 aromatic carbocycles. The fourth-order valence-electron chi connectivity index (χ4n) is 2.99. The average molecular weight is 372 g/mol. The molecule has 3 rings (SSSR count). The smallest absolute Gasteiger partial charge is 0.454 e. The maximum atomic E-state index is 10.1. The number of rotatable bonds is 7. The van der Waals surface area contributed by atoms with Crippen LogP contribution in [-0.4, -0.2) is 47.5 Å². The second-order valence-corrected chi connectivity index (χ2v) is 6.65. The molecule has 7 nitrogen and oxygen atoms in total. The van der Waals surface area contributed by atoms with Crippen molar-refractivity contribution in [2.24, 2.45) is 0 Å². The zero-order valence-electron chi connectivity index (χ0n) is 15.9. The molecule has 1 aliphatic heterocycles. The van der Waals surface area contributed by atoms with Gasteiger partial charge in [-0.25, -0.2) is 9.97 Å². The minimum atomic E-state index is -0.779. The van der Waals surface area contributed by atoms with Crippen molar-refractivity contribution in [3.05, 3.63) is 35.7 Å². The topological polar surface area (TPSA) is 93.9 Å². The molecule has 1 aliphatic rings. The van der Waals surface area contributed by atoms with Crippen LogP contribution in [0.25, 0.3) is 11.4 Å². The normalized spacial score (nSPS) is 17.8. The predicted molar refractivity (Wildman–Crippen MR) is 102 cm³/mol. The molecule has 144 valence electrons. The van der Waals surface area contributed by atoms with Crippen LogP contribution in [0.3, 0.4) is 0 Å². The minimum Gasteiger partial charge on any atom is -0.493 e. The van der Waals surface area contributed by atoms with Gasteiger partial charge in [0.1, 0.15) is 0 Å². The number of hydrogen-bond donors (Lipinski definition) is 2. The van der Waals surface area contributed by atoms with Crippen molar-refractivity contribution in [3.63, 3.8) is 0 Å². The first kappa shape index (κ1) is 19.6. The standard InChI is InChI=1S/C19H25BN2O5/c1-4-7-26-18-8-13(5-6-17(18)25-3)19-21-15(12(2)23)9-16(22-19)14-10-20(24)27-11-14/h5-6,8-9,12,14,23-24H,4,7,10-11H2,1-3H3/t12?,14-/m1/s1. The molecule has 0 aliphatic carbocycles. The summed E-state index contributed by atoms with van der Waals surface area (Å²) in [6, 6.07) is 7.31. The van der Waals surface area contributed by atoms with Crippen LogP contribution in [0.1, 0.15) is 43.7 Å². The molecular weight excluding hydrogens is 347 g/mol. The van der Waals surface area contributed by atoms with Crippen LogP contribution in [0.15, 0.2) is 24.3 Å². The van der Waals surface area contributed by atoms with E-state index in [0.29, 0.717) is 42.6 Å². The summed E-state index contributed by atoms with van der Waals surface area (Å²) in [5.41, 5.74) is 2.05. The highest BCUT2D eigenvalue weighted by atomic mass is 16.5. The van der Waals surface area contributed by atoms with E-state index in [1.807, 2.05) is 25.1 Å². The van der Waals surface area contributed by atoms with Crippen molar-refractivity contribution in [2.75, 3.05) is 20.3 Å². The Balaban J connectivity index is 2.01. The van der Waals surface area contributed by atoms with E-state index >= 15 is 0 Å². The molecule has 27 heavy (non-hydrogen) atoms. The molecule has 0 spiro atoms. The second-order valence-electron chi connectivity index (χ2n) is 6.65. The summed E-state index contributed by atoms with van der Waals surface area (Å²) in [5.74, 6) is 1.73. The highest BCUT2D eigenvalue weighted by molar-refractivity contribution is 6.43. The Morgan fingerprint density at radius 1 is 1.30 bits per heavy atom. The van der Waals surface area contributed by atoms with Crippen LogP contribution < -0.4 is 9.47 Å². The lowest BCUT2D eigenvalue weighted by Gasteiger charge is -2.15. The molecule has 1 unspecified atom stereocenters. The lowest BCUT2D eigenvalue weighted by atomic mass is 9.81. The summed E-state index contributed by atoms with van der Waals surface area (Å²) in [4.78, 5) is 9.18. The Bertz CT molecular complexity index is 787. The number of hydrogen-bond acceptors (Lipinski definition) is 7. The fourth-order valence-corrected chi connectivity index (χ4v) is 2.99. The van der Waals surface area contributed by atoms with Gasteiger partial charge in [0.2, 0.25) is 0 Å². The Hall–Kier alpha value is -2.16. The first-order valence-electron chi connectivity index (χ1n) is 9.19. The van der Waals surface area contributed by atoms with Crippen LogP contribution in [-0.2, 0) is 4.65 Å². The van der Waals surface area contributed by atoms with Crippen molar-refractivity contribution in [1.29, 1.82) is 0 Å². The molecule has 1 aromatic heterocycles. The van der Waals surface area contributed by atoms with Crippen molar-refractivity contribution in [1.82, 2.24) is 9.97 Å². The number of benzene rings is 1. The third-order valence-corrected chi connectivity index (χ3v) is 4.47. The Morgan fingerprint density at radius 2 is 2.11 bits per heavy atom. The van der Waals surface area contributed by atoms with E-state index in [4.69, 9.17) is 14.1 Å². The summed E-state index contributed by atoms with van der Waals surface area (Å²) in [7, 11) is 0.820. The van der Waals surface area contributed by atoms with E-state index in [-0.39, 0.29) is 5.92 Å². The molecule has 0 saturated carbocycles. The summed E-state index contributed by atoms with van der Waals surface area (Å²) in [5, 5.41) is 19.7. The molecule has 0 bridgehead atoms. The van der Waals surface area contributed by atoms with Gasteiger partial charge in [-0.1, -0.05) is 6.92 Å². The van der Waals surface area contributed by atoms with Crippen molar-refractivity contribution in [3.8, 4) is 22.9 Å². The van der Waals surface area contributed by atoms with Gasteiger partial charge < -0.3 is 24.3 Å². The first-order valence-corrected chi connectivity index (χ1v) is 9.19. The number of aliphatic hydroxyl groups excluding tert-OH is 1. The number of aliphatic hydroxyl groups is 1. The summed E-state index contributed by atoms with van der Waals surface area (Å²) in [6.45, 7) is 4.68. The van der Waals surface area contributed by atoms with Crippen molar-refractivity contribution >= 4 is 7.12 Å². The SMILES string of the molecule is CCCOc1cc(-c2nc(C(C)O)cc([C@H]3COB(O)C3)n2)ccc1OC. The molecule has 1 fully saturated rings. The first-order chi connectivity index (χ1) is 13.0. The van der Waals surface area contributed by atoms with Crippen LogP contribution in [0, 0.1) is 0 Å². The van der Waals surface area contributed by atoms with Crippen molar-refractivity contribution < 1.29 is 24.3 Å². The molecule has 2 N–H and O–H groups in total. The van der Waals surface area contributed by atoms with Gasteiger partial charge in [-0.05, 0) is 43.9 Å². The van der Waals surface area contributed by atoms with Gasteiger partial charge in [-0.3, -0.25) is 0 Å². The third kappa shape index (κ3) is 4.58. The zero-order valence-corrected chi connectivity index (χ0v) is 15.9. The summed E-state index contributed by atoms with van der Waals surface area (Å²) >= 11 is 0. The molecule has 0 amide bonds. The van der Waals surface area contributed by atoms with Crippen molar-refractivity contribution in [2.45, 2.75) is 38.6 Å². The van der Waals surface area contributed by atoms with Gasteiger partial charge in [0.25, 0.3) is 0 Å². The number of nitrogens with zero attached hydrogens (tertiary/aromatic N) is 2. The Morgan fingerprint density at radius 3 is 2.74 bits per heavy atom. The Labute approximate surface area is 159 Å². The van der Waals surface area contributed by atoms with E-state index in [9.17, 15) is 10.1 Å². The summed E-state index contributed by atoms with van der Waals surface area (Å²) < 4.78 is 16.4. The van der Waals surface area contributed by atoms with Gasteiger partial charge in [0.05, 0.1) is 25.5 Å². The molecular formula is C19H25BN2O5. The number of ether oxygens (including phenoxy) is 2. The lowest BCUT2D eigenvalue weighted by Crippen LogP contribution is -2.09.